The Hall–Kier alpha value is -1.48. The number of carbonyl (C=O) groups excluding carboxylic acids is 1. The van der Waals surface area contributed by atoms with E-state index in [0.717, 1.165) is 5.56 Å². The fraction of sp³-hybridized carbons (Fsp3) is 0.462. The van der Waals surface area contributed by atoms with E-state index < -0.39 is 10.0 Å². The van der Waals surface area contributed by atoms with Crippen molar-refractivity contribution in [2.75, 3.05) is 26.3 Å². The van der Waals surface area contributed by atoms with Crippen LogP contribution in [-0.2, 0) is 19.6 Å². The highest BCUT2D eigenvalue weighted by Crippen LogP contribution is 2.18. The van der Waals surface area contributed by atoms with E-state index in [4.69, 9.17) is 9.88 Å². The fourth-order valence-electron chi connectivity index (χ4n) is 2.03. The zero-order valence-electron chi connectivity index (χ0n) is 11.8. The number of sulfonamides is 1. The molecule has 7 nitrogen and oxygen atoms in total. The molecule has 0 spiro atoms. The molecule has 1 aliphatic heterocycles. The van der Waals surface area contributed by atoms with Gasteiger partial charge in [0, 0.05) is 13.1 Å². The first kappa shape index (κ1) is 15.9. The minimum absolute atomic E-state index is 0.0343. The van der Waals surface area contributed by atoms with Crippen LogP contribution in [0.2, 0.25) is 0 Å². The van der Waals surface area contributed by atoms with Gasteiger partial charge in [-0.2, -0.15) is 0 Å². The minimum atomic E-state index is -3.71. The van der Waals surface area contributed by atoms with E-state index in [2.05, 4.69) is 5.43 Å². The van der Waals surface area contributed by atoms with Crippen LogP contribution in [0.25, 0.3) is 0 Å². The minimum Gasteiger partial charge on any atom is -0.379 e. The van der Waals surface area contributed by atoms with Crippen molar-refractivity contribution in [2.45, 2.75) is 17.7 Å². The summed E-state index contributed by atoms with van der Waals surface area (Å²) in [6.07, 6.45) is 0. The molecule has 116 valence electrons. The number of hydrazine groups is 1. The van der Waals surface area contributed by atoms with E-state index in [1.54, 1.807) is 19.1 Å². The number of hydrogen-bond acceptors (Lipinski definition) is 5. The highest BCUT2D eigenvalue weighted by atomic mass is 32.2. The Balaban J connectivity index is 2.01. The van der Waals surface area contributed by atoms with Gasteiger partial charge in [0.15, 0.2) is 0 Å². The van der Waals surface area contributed by atoms with Crippen LogP contribution in [0, 0.1) is 0 Å². The number of benzene rings is 1. The molecule has 1 heterocycles. The van der Waals surface area contributed by atoms with Gasteiger partial charge in [0.2, 0.25) is 15.9 Å². The molecular weight excluding hydrogens is 294 g/mol. The number of amides is 1. The summed E-state index contributed by atoms with van der Waals surface area (Å²) in [6.45, 7) is 4.27. The molecule has 0 aromatic heterocycles. The van der Waals surface area contributed by atoms with Crippen molar-refractivity contribution in [3.63, 3.8) is 0 Å². The van der Waals surface area contributed by atoms with Gasteiger partial charge < -0.3 is 4.74 Å². The number of rotatable bonds is 4. The van der Waals surface area contributed by atoms with Crippen molar-refractivity contribution in [1.29, 1.82) is 0 Å². The highest BCUT2D eigenvalue weighted by molar-refractivity contribution is 7.89. The Bertz CT molecular complexity index is 594. The SMILES string of the molecule is C[C@H](C(=O)NN1CCOCC1)c1ccc(S(N)(=O)=O)cc1. The van der Waals surface area contributed by atoms with Gasteiger partial charge in [-0.3, -0.25) is 10.2 Å². The quantitative estimate of drug-likeness (QED) is 0.801. The summed E-state index contributed by atoms with van der Waals surface area (Å²) in [5.74, 6) is -0.525. The molecular formula is C13H19N3O4S. The average molecular weight is 313 g/mol. The Kier molecular flexibility index (Phi) is 4.94. The Labute approximate surface area is 124 Å². The second-order valence-electron chi connectivity index (χ2n) is 4.91. The smallest absolute Gasteiger partial charge is 0.241 e. The Morgan fingerprint density at radius 2 is 1.86 bits per heavy atom. The van der Waals surface area contributed by atoms with E-state index >= 15 is 0 Å². The third-order valence-corrected chi connectivity index (χ3v) is 4.31. The van der Waals surface area contributed by atoms with Crippen LogP contribution in [-0.4, -0.2) is 45.6 Å². The molecule has 8 heteroatoms. The number of morpholine rings is 1. The highest BCUT2D eigenvalue weighted by Gasteiger charge is 2.20. The molecule has 0 saturated carbocycles. The first-order chi connectivity index (χ1) is 9.88. The number of hydrogen-bond donors (Lipinski definition) is 2. The van der Waals surface area contributed by atoms with Gasteiger partial charge in [-0.1, -0.05) is 12.1 Å². The molecule has 21 heavy (non-hydrogen) atoms. The van der Waals surface area contributed by atoms with Crippen molar-refractivity contribution in [3.05, 3.63) is 29.8 Å². The van der Waals surface area contributed by atoms with Gasteiger partial charge in [0.05, 0.1) is 24.0 Å². The summed E-state index contributed by atoms with van der Waals surface area (Å²) < 4.78 is 27.6. The number of nitrogens with one attached hydrogen (secondary N) is 1. The largest absolute Gasteiger partial charge is 0.379 e. The first-order valence-corrected chi connectivity index (χ1v) is 8.18. The molecule has 1 aromatic rings. The molecule has 3 N–H and O–H groups in total. The fourth-order valence-corrected chi connectivity index (χ4v) is 2.54. The van der Waals surface area contributed by atoms with Gasteiger partial charge in [0.25, 0.3) is 0 Å². The molecule has 2 rings (SSSR count). The van der Waals surface area contributed by atoms with Gasteiger partial charge in [-0.25, -0.2) is 18.6 Å². The summed E-state index contributed by atoms with van der Waals surface area (Å²) in [4.78, 5) is 12.2. The van der Waals surface area contributed by atoms with Crippen molar-refractivity contribution >= 4 is 15.9 Å². The molecule has 0 aliphatic carbocycles. The molecule has 0 radical (unpaired) electrons. The Morgan fingerprint density at radius 1 is 1.29 bits per heavy atom. The monoisotopic (exact) mass is 313 g/mol. The normalized spacial score (nSPS) is 18.2. The van der Waals surface area contributed by atoms with Gasteiger partial charge >= 0.3 is 0 Å². The molecule has 0 unspecified atom stereocenters. The summed E-state index contributed by atoms with van der Waals surface area (Å²) >= 11 is 0. The second-order valence-corrected chi connectivity index (χ2v) is 6.47. The van der Waals surface area contributed by atoms with Gasteiger partial charge in [-0.15, -0.1) is 0 Å². The molecule has 1 aliphatic rings. The number of nitrogens with zero attached hydrogens (tertiary/aromatic N) is 1. The lowest BCUT2D eigenvalue weighted by Crippen LogP contribution is -2.49. The lowest BCUT2D eigenvalue weighted by Gasteiger charge is -2.28. The summed E-state index contributed by atoms with van der Waals surface area (Å²) in [5, 5.41) is 6.86. The van der Waals surface area contributed by atoms with Crippen LogP contribution in [0.1, 0.15) is 18.4 Å². The lowest BCUT2D eigenvalue weighted by molar-refractivity contribution is -0.129. The van der Waals surface area contributed by atoms with Crippen molar-refractivity contribution in [2.24, 2.45) is 5.14 Å². The van der Waals surface area contributed by atoms with E-state index in [0.29, 0.717) is 26.3 Å². The molecule has 1 amide bonds. The Morgan fingerprint density at radius 3 is 2.38 bits per heavy atom. The zero-order valence-corrected chi connectivity index (χ0v) is 12.6. The van der Waals surface area contributed by atoms with Gasteiger partial charge in [0.1, 0.15) is 0 Å². The standard InChI is InChI=1S/C13H19N3O4S/c1-10(13(17)15-16-6-8-20-9-7-16)11-2-4-12(5-3-11)21(14,18)19/h2-5,10H,6-9H2,1H3,(H,15,17)(H2,14,18,19)/t10-/m0/s1. The maximum atomic E-state index is 12.2. The van der Waals surface area contributed by atoms with Gasteiger partial charge in [-0.05, 0) is 24.6 Å². The van der Waals surface area contributed by atoms with E-state index in [-0.39, 0.29) is 16.7 Å². The number of ether oxygens (including phenoxy) is 1. The van der Waals surface area contributed by atoms with Crippen LogP contribution in [0.15, 0.2) is 29.2 Å². The van der Waals surface area contributed by atoms with Crippen LogP contribution in [0.4, 0.5) is 0 Å². The molecule has 0 bridgehead atoms. The second kappa shape index (κ2) is 6.52. The van der Waals surface area contributed by atoms with E-state index in [1.165, 1.54) is 12.1 Å². The molecule has 1 saturated heterocycles. The van der Waals surface area contributed by atoms with Crippen LogP contribution >= 0.6 is 0 Å². The number of primary sulfonamides is 1. The third-order valence-electron chi connectivity index (χ3n) is 3.38. The maximum Gasteiger partial charge on any atom is 0.241 e. The topological polar surface area (TPSA) is 102 Å². The predicted octanol–water partition coefficient (Wildman–Crippen LogP) is -0.199. The van der Waals surface area contributed by atoms with Crippen LogP contribution < -0.4 is 10.6 Å². The summed E-state index contributed by atoms with van der Waals surface area (Å²) in [6, 6.07) is 6.01. The number of nitrogens with two attached hydrogens (primary N) is 1. The zero-order chi connectivity index (χ0) is 15.5. The molecule has 1 fully saturated rings. The van der Waals surface area contributed by atoms with Crippen LogP contribution in [0.3, 0.4) is 0 Å². The van der Waals surface area contributed by atoms with E-state index in [1.807, 2.05) is 5.01 Å². The predicted molar refractivity (Wildman–Crippen MR) is 76.8 cm³/mol. The molecule has 1 atom stereocenters. The lowest BCUT2D eigenvalue weighted by atomic mass is 10.0. The van der Waals surface area contributed by atoms with E-state index in [9.17, 15) is 13.2 Å². The van der Waals surface area contributed by atoms with Crippen molar-refractivity contribution < 1.29 is 17.9 Å². The number of carbonyl (C=O) groups is 1. The first-order valence-electron chi connectivity index (χ1n) is 6.64. The van der Waals surface area contributed by atoms with Crippen molar-refractivity contribution in [1.82, 2.24) is 10.4 Å². The van der Waals surface area contributed by atoms with Crippen molar-refractivity contribution in [3.8, 4) is 0 Å². The summed E-state index contributed by atoms with van der Waals surface area (Å²) in [5.41, 5.74) is 3.56. The van der Waals surface area contributed by atoms with Crippen LogP contribution in [0.5, 0.6) is 0 Å². The molecule has 1 aromatic carbocycles. The maximum absolute atomic E-state index is 12.2. The average Bonchev–Trinajstić information content (AvgIpc) is 2.46. The third kappa shape index (κ3) is 4.24. The summed E-state index contributed by atoms with van der Waals surface area (Å²) in [7, 11) is -3.71.